The molecule has 1 unspecified atom stereocenters. The van der Waals surface area contributed by atoms with Gasteiger partial charge in [0, 0.05) is 16.3 Å². The van der Waals surface area contributed by atoms with Crippen LogP contribution in [0.5, 0.6) is 0 Å². The first-order valence-corrected chi connectivity index (χ1v) is 7.11. The van der Waals surface area contributed by atoms with Gasteiger partial charge in [0.2, 0.25) is 0 Å². The van der Waals surface area contributed by atoms with E-state index in [9.17, 15) is 0 Å². The smallest absolute Gasteiger partial charge is 0.157 e. The predicted molar refractivity (Wildman–Crippen MR) is 84.5 cm³/mol. The number of aryl methyl sites for hydroxylation is 3. The van der Waals surface area contributed by atoms with Gasteiger partial charge in [0.1, 0.15) is 11.5 Å². The van der Waals surface area contributed by atoms with Crippen molar-refractivity contribution in [2.24, 2.45) is 0 Å². The second-order valence-corrected chi connectivity index (χ2v) is 5.41. The molecule has 0 aliphatic heterocycles. The number of furan rings is 1. The Morgan fingerprint density at radius 2 is 1.76 bits per heavy atom. The molecule has 0 bridgehead atoms. The largest absolute Gasteiger partial charge is 0.466 e. The summed E-state index contributed by atoms with van der Waals surface area (Å²) in [6.07, 6.45) is 0. The van der Waals surface area contributed by atoms with Crippen LogP contribution >= 0.6 is 0 Å². The molecule has 1 N–H and O–H groups in total. The molecule has 0 saturated heterocycles. The fourth-order valence-electron chi connectivity index (χ4n) is 2.71. The maximum Gasteiger partial charge on any atom is 0.157 e. The third-order valence-electron chi connectivity index (χ3n) is 3.77. The molecule has 0 aliphatic carbocycles. The molecule has 0 aliphatic rings. The molecule has 2 aromatic heterocycles. The Balaban J connectivity index is 1.99. The van der Waals surface area contributed by atoms with Crippen molar-refractivity contribution in [3.05, 3.63) is 53.1 Å². The second-order valence-electron chi connectivity index (χ2n) is 5.41. The van der Waals surface area contributed by atoms with Gasteiger partial charge in [0.15, 0.2) is 5.82 Å². The summed E-state index contributed by atoms with van der Waals surface area (Å²) in [5, 5.41) is 14.2. The van der Waals surface area contributed by atoms with E-state index in [0.29, 0.717) is 0 Å². The maximum atomic E-state index is 5.60. The van der Waals surface area contributed by atoms with Crippen molar-refractivity contribution < 1.29 is 4.42 Å². The van der Waals surface area contributed by atoms with Crippen LogP contribution in [-0.2, 0) is 0 Å². The van der Waals surface area contributed by atoms with Crippen molar-refractivity contribution in [1.29, 1.82) is 0 Å². The van der Waals surface area contributed by atoms with E-state index in [1.54, 1.807) is 0 Å². The predicted octanol–water partition coefficient (Wildman–Crippen LogP) is 4.32. The van der Waals surface area contributed by atoms with Gasteiger partial charge in [-0.05, 0) is 33.8 Å². The number of rotatable bonds is 3. The number of hydrogen-bond acceptors (Lipinski definition) is 4. The van der Waals surface area contributed by atoms with E-state index < -0.39 is 0 Å². The van der Waals surface area contributed by atoms with Gasteiger partial charge in [-0.1, -0.05) is 24.3 Å². The molecule has 1 aromatic carbocycles. The molecule has 108 valence electrons. The van der Waals surface area contributed by atoms with Crippen molar-refractivity contribution >= 4 is 16.6 Å². The van der Waals surface area contributed by atoms with Crippen LogP contribution in [0.15, 0.2) is 34.7 Å². The fourth-order valence-corrected chi connectivity index (χ4v) is 2.71. The minimum absolute atomic E-state index is 0.114. The van der Waals surface area contributed by atoms with Gasteiger partial charge in [0.25, 0.3) is 0 Å². The van der Waals surface area contributed by atoms with Crippen molar-refractivity contribution in [3.63, 3.8) is 0 Å². The van der Waals surface area contributed by atoms with Crippen LogP contribution in [0.3, 0.4) is 0 Å². The Bertz CT molecular complexity index is 792. The van der Waals surface area contributed by atoms with E-state index in [0.717, 1.165) is 39.4 Å². The number of benzene rings is 1. The Morgan fingerprint density at radius 3 is 2.43 bits per heavy atom. The van der Waals surface area contributed by atoms with Gasteiger partial charge in [0.05, 0.1) is 11.7 Å². The van der Waals surface area contributed by atoms with Crippen LogP contribution in [0.4, 0.5) is 5.82 Å². The number of anilines is 1. The maximum absolute atomic E-state index is 5.60. The first kappa shape index (κ1) is 13.6. The first-order valence-electron chi connectivity index (χ1n) is 7.11. The van der Waals surface area contributed by atoms with E-state index in [2.05, 4.69) is 40.6 Å². The highest BCUT2D eigenvalue weighted by Gasteiger charge is 2.15. The SMILES string of the molecule is Cc1cc(C(C)Nc2nnc(C)c3ccccc23)c(C)o1. The summed E-state index contributed by atoms with van der Waals surface area (Å²) < 4.78 is 5.60. The Kier molecular flexibility index (Phi) is 3.37. The van der Waals surface area contributed by atoms with Crippen molar-refractivity contribution in [1.82, 2.24) is 10.2 Å². The van der Waals surface area contributed by atoms with Crippen LogP contribution in [0.1, 0.15) is 35.7 Å². The van der Waals surface area contributed by atoms with Crippen molar-refractivity contribution in [3.8, 4) is 0 Å². The quantitative estimate of drug-likeness (QED) is 0.776. The summed E-state index contributed by atoms with van der Waals surface area (Å²) in [4.78, 5) is 0. The van der Waals surface area contributed by atoms with Gasteiger partial charge in [-0.15, -0.1) is 5.10 Å². The van der Waals surface area contributed by atoms with Gasteiger partial charge in [-0.3, -0.25) is 0 Å². The van der Waals surface area contributed by atoms with Gasteiger partial charge in [-0.25, -0.2) is 0 Å². The summed E-state index contributed by atoms with van der Waals surface area (Å²) in [6, 6.07) is 10.4. The number of hydrogen-bond donors (Lipinski definition) is 1. The zero-order valence-corrected chi connectivity index (χ0v) is 12.8. The Hall–Kier alpha value is -2.36. The highest BCUT2D eigenvalue weighted by Crippen LogP contribution is 2.28. The molecular formula is C17H19N3O. The standard InChI is InChI=1S/C17H19N3O/c1-10-9-16(13(4)21-10)11(2)18-17-15-8-6-5-7-14(15)12(3)19-20-17/h5-9,11H,1-4H3,(H,18,20). The van der Waals surface area contributed by atoms with E-state index in [1.807, 2.05) is 32.9 Å². The average molecular weight is 281 g/mol. The molecule has 3 aromatic rings. The minimum atomic E-state index is 0.114. The lowest BCUT2D eigenvalue weighted by atomic mass is 10.1. The van der Waals surface area contributed by atoms with E-state index in [-0.39, 0.29) is 6.04 Å². The molecule has 0 fully saturated rings. The topological polar surface area (TPSA) is 51.0 Å². The molecule has 0 radical (unpaired) electrons. The molecule has 0 saturated carbocycles. The zero-order valence-electron chi connectivity index (χ0n) is 12.8. The molecule has 2 heterocycles. The second kappa shape index (κ2) is 5.20. The lowest BCUT2D eigenvalue weighted by Crippen LogP contribution is -2.09. The molecule has 21 heavy (non-hydrogen) atoms. The van der Waals surface area contributed by atoms with Gasteiger partial charge >= 0.3 is 0 Å². The summed E-state index contributed by atoms with van der Waals surface area (Å²) in [6.45, 7) is 8.03. The lowest BCUT2D eigenvalue weighted by molar-refractivity contribution is 0.499. The van der Waals surface area contributed by atoms with Crippen molar-refractivity contribution in [2.75, 3.05) is 5.32 Å². The third kappa shape index (κ3) is 2.49. The molecular weight excluding hydrogens is 262 g/mol. The number of fused-ring (bicyclic) bond motifs is 1. The number of aromatic nitrogens is 2. The third-order valence-corrected chi connectivity index (χ3v) is 3.77. The van der Waals surface area contributed by atoms with Crippen LogP contribution < -0.4 is 5.32 Å². The van der Waals surface area contributed by atoms with Gasteiger partial charge in [-0.2, -0.15) is 5.10 Å². The fraction of sp³-hybridized carbons (Fsp3) is 0.294. The molecule has 0 amide bonds. The molecule has 0 spiro atoms. The van der Waals surface area contributed by atoms with Crippen LogP contribution in [-0.4, -0.2) is 10.2 Å². The molecule has 3 rings (SSSR count). The van der Waals surface area contributed by atoms with E-state index >= 15 is 0 Å². The average Bonchev–Trinajstić information content (AvgIpc) is 2.81. The highest BCUT2D eigenvalue weighted by atomic mass is 16.3. The van der Waals surface area contributed by atoms with E-state index in [4.69, 9.17) is 4.42 Å². The van der Waals surface area contributed by atoms with E-state index in [1.165, 1.54) is 0 Å². The minimum Gasteiger partial charge on any atom is -0.466 e. The Labute approximate surface area is 124 Å². The number of nitrogens with zero attached hydrogens (tertiary/aromatic N) is 2. The molecule has 1 atom stereocenters. The molecule has 4 heteroatoms. The lowest BCUT2D eigenvalue weighted by Gasteiger charge is -2.15. The monoisotopic (exact) mass is 281 g/mol. The van der Waals surface area contributed by atoms with Crippen molar-refractivity contribution in [2.45, 2.75) is 33.7 Å². The highest BCUT2D eigenvalue weighted by molar-refractivity contribution is 5.92. The van der Waals surface area contributed by atoms with Crippen LogP contribution in [0.25, 0.3) is 10.8 Å². The normalized spacial score (nSPS) is 12.6. The summed E-state index contributed by atoms with van der Waals surface area (Å²) in [5.41, 5.74) is 2.10. The molecule has 4 nitrogen and oxygen atoms in total. The first-order chi connectivity index (χ1) is 10.1. The van der Waals surface area contributed by atoms with Crippen LogP contribution in [0.2, 0.25) is 0 Å². The summed E-state index contributed by atoms with van der Waals surface area (Å²) in [5.74, 6) is 2.68. The number of nitrogens with one attached hydrogen (secondary N) is 1. The zero-order chi connectivity index (χ0) is 15.0. The van der Waals surface area contributed by atoms with Gasteiger partial charge < -0.3 is 9.73 Å². The Morgan fingerprint density at radius 1 is 1.05 bits per heavy atom. The van der Waals surface area contributed by atoms with Crippen LogP contribution in [0, 0.1) is 20.8 Å². The summed E-state index contributed by atoms with van der Waals surface area (Å²) in [7, 11) is 0. The summed E-state index contributed by atoms with van der Waals surface area (Å²) >= 11 is 0.